The molecule has 0 bridgehead atoms. The maximum absolute atomic E-state index is 13.7. The molecule has 0 aliphatic carbocycles. The second-order valence-electron chi connectivity index (χ2n) is 17.4. The fourth-order valence-electron chi connectivity index (χ4n) is 7.01. The van der Waals surface area contributed by atoms with Gasteiger partial charge < -0.3 is 28.8 Å². The molecular formula is C44H56F4N2O13. The van der Waals surface area contributed by atoms with E-state index in [4.69, 9.17) is 28.8 Å². The Hall–Kier alpha value is -5.59. The van der Waals surface area contributed by atoms with Gasteiger partial charge in [-0.05, 0) is 104 Å². The van der Waals surface area contributed by atoms with E-state index in [1.807, 2.05) is 0 Å². The summed E-state index contributed by atoms with van der Waals surface area (Å²) in [5, 5.41) is 7.57. The van der Waals surface area contributed by atoms with Crippen molar-refractivity contribution in [2.75, 3.05) is 26.3 Å². The number of carbonyl (C=O) groups is 7. The zero-order chi connectivity index (χ0) is 47.8. The molecule has 1 N–H and O–H groups in total. The van der Waals surface area contributed by atoms with Crippen molar-refractivity contribution in [2.45, 2.75) is 129 Å². The average Bonchev–Trinajstić information content (AvgIpc) is 3.76. The predicted octanol–water partition coefficient (Wildman–Crippen LogP) is 6.66. The molecule has 3 heterocycles. The number of cyclic esters (lactones) is 2. The Morgan fingerprint density at radius 1 is 0.698 bits per heavy atom. The molecule has 2 amide bonds. The van der Waals surface area contributed by atoms with E-state index in [0.717, 1.165) is 23.1 Å². The topological polar surface area (TPSA) is 192 Å². The fourth-order valence-corrected chi connectivity index (χ4v) is 7.01. The van der Waals surface area contributed by atoms with Crippen LogP contribution in [0.2, 0.25) is 0 Å². The van der Waals surface area contributed by atoms with Gasteiger partial charge in [0.2, 0.25) is 5.92 Å². The highest BCUT2D eigenvalue weighted by atomic mass is 19.1. The van der Waals surface area contributed by atoms with Crippen LogP contribution in [0.3, 0.4) is 0 Å². The maximum Gasteiger partial charge on any atom is 0.410 e. The Bertz CT molecular complexity index is 1970. The smallest absolute Gasteiger partial charge is 0.410 e. The minimum atomic E-state index is -1.87. The monoisotopic (exact) mass is 896 g/mol. The lowest BCUT2D eigenvalue weighted by atomic mass is 9.90. The van der Waals surface area contributed by atoms with E-state index in [1.54, 1.807) is 55.4 Å². The Morgan fingerprint density at radius 3 is 1.43 bits per heavy atom. The van der Waals surface area contributed by atoms with Crippen LogP contribution in [0.15, 0.2) is 36.4 Å². The van der Waals surface area contributed by atoms with Gasteiger partial charge in [0.1, 0.15) is 40.9 Å². The summed E-state index contributed by atoms with van der Waals surface area (Å²) < 4.78 is 80.2. The van der Waals surface area contributed by atoms with Gasteiger partial charge in [-0.2, -0.15) is 0 Å². The molecule has 3 saturated heterocycles. The van der Waals surface area contributed by atoms with Crippen LogP contribution in [0.5, 0.6) is 0 Å². The molecule has 2 aromatic carbocycles. The zero-order valence-electron chi connectivity index (χ0n) is 37.1. The number of hydrogen-bond acceptors (Lipinski definition) is 13. The molecule has 0 aromatic heterocycles. The first-order valence-electron chi connectivity index (χ1n) is 20.3. The minimum absolute atomic E-state index is 0.0526. The highest BCUT2D eigenvalue weighted by Crippen LogP contribution is 2.37. The molecule has 348 valence electrons. The highest BCUT2D eigenvalue weighted by molar-refractivity contribution is 6.18. The van der Waals surface area contributed by atoms with E-state index < -0.39 is 118 Å². The lowest BCUT2D eigenvalue weighted by Gasteiger charge is -2.34. The summed E-state index contributed by atoms with van der Waals surface area (Å²) in [6.45, 7) is 16.3. The number of aliphatic hydroxyl groups excluding tert-OH is 1. The van der Waals surface area contributed by atoms with E-state index in [0.29, 0.717) is 11.6 Å². The number of esters is 3. The molecule has 19 heteroatoms. The number of hydrogen-bond donors (Lipinski definition) is 1. The second kappa shape index (κ2) is 21.2. The number of benzene rings is 2. The standard InChI is InChI=1S/C22H25F2NO7.C20H25F2NO5.C2H6O/c1-21(2,3)32-20(29)25-10-12(11-6-13(23)9-14(24)7-11)8-15(25)17(26)16-18(27)30-22(4,5)31-19(16)28;1-5-27-18(25)10-17(24)16-8-13(12-6-14(21)9-15(22)7-12)11-23(16)19(26)28-20(2,3)4;1-2-3/h6-7,9,12,15-16H,8,10H2,1-5H3;6-7,9,13,16H,5,8,10-11H2,1-4H3;3H,2H2,1H3/t12-,15?;13-,16?;/m11./s1. The van der Waals surface area contributed by atoms with Crippen LogP contribution < -0.4 is 0 Å². The van der Waals surface area contributed by atoms with Crippen molar-refractivity contribution in [3.05, 3.63) is 70.8 Å². The SMILES string of the molecule is CC(C)(C)OC(=O)N1C[C@H](c2cc(F)cc(F)c2)CC1C(=O)C1C(=O)OC(C)(C)OC1=O.CCO.CCOC(=O)CC(=O)C1C[C@@H](c2cc(F)cc(F)c2)CN1C(=O)OC(C)(C)C. The van der Waals surface area contributed by atoms with Crippen LogP contribution in [0, 0.1) is 29.2 Å². The normalized spacial score (nSPS) is 20.9. The van der Waals surface area contributed by atoms with Gasteiger partial charge in [0.25, 0.3) is 5.79 Å². The first-order chi connectivity index (χ1) is 29.1. The van der Waals surface area contributed by atoms with Crippen molar-refractivity contribution < 1.29 is 79.9 Å². The molecule has 3 fully saturated rings. The molecule has 4 atom stereocenters. The van der Waals surface area contributed by atoms with E-state index in [-0.39, 0.29) is 44.7 Å². The summed E-state index contributed by atoms with van der Waals surface area (Å²) in [5.74, 6) is -11.8. The number of carbonyl (C=O) groups excluding carboxylic acids is 7. The van der Waals surface area contributed by atoms with E-state index in [1.165, 1.54) is 30.9 Å². The third-order valence-corrected chi connectivity index (χ3v) is 9.34. The number of Topliss-reactive ketones (excluding diaryl/α,β-unsaturated/α-hetero) is 2. The first-order valence-corrected chi connectivity index (χ1v) is 20.3. The predicted molar refractivity (Wildman–Crippen MR) is 215 cm³/mol. The molecular weight excluding hydrogens is 840 g/mol. The van der Waals surface area contributed by atoms with E-state index in [2.05, 4.69) is 0 Å². The van der Waals surface area contributed by atoms with E-state index >= 15 is 0 Å². The third kappa shape index (κ3) is 15.0. The van der Waals surface area contributed by atoms with Gasteiger partial charge in [-0.1, -0.05) is 0 Å². The fraction of sp³-hybridized carbons (Fsp3) is 0.568. The molecule has 3 aliphatic heterocycles. The van der Waals surface area contributed by atoms with Crippen LogP contribution >= 0.6 is 0 Å². The third-order valence-electron chi connectivity index (χ3n) is 9.34. The number of amides is 2. The summed E-state index contributed by atoms with van der Waals surface area (Å²) in [4.78, 5) is 90.0. The first kappa shape index (κ1) is 51.8. The summed E-state index contributed by atoms with van der Waals surface area (Å²) >= 11 is 0. The summed E-state index contributed by atoms with van der Waals surface area (Å²) in [6, 6.07) is 3.86. The van der Waals surface area contributed by atoms with Crippen molar-refractivity contribution in [3.8, 4) is 0 Å². The number of ketones is 2. The quantitative estimate of drug-likeness (QED) is 0.128. The van der Waals surface area contributed by atoms with Gasteiger partial charge in [-0.25, -0.2) is 27.2 Å². The number of ether oxygens (including phenoxy) is 5. The van der Waals surface area contributed by atoms with Gasteiger partial charge in [0, 0.05) is 57.5 Å². The highest BCUT2D eigenvalue weighted by Gasteiger charge is 2.53. The lowest BCUT2D eigenvalue weighted by Crippen LogP contribution is -2.54. The summed E-state index contributed by atoms with van der Waals surface area (Å²) in [5.41, 5.74) is -1.09. The van der Waals surface area contributed by atoms with Crippen molar-refractivity contribution >= 4 is 41.7 Å². The van der Waals surface area contributed by atoms with Crippen LogP contribution in [0.1, 0.15) is 111 Å². The molecule has 0 saturated carbocycles. The number of halogens is 4. The Balaban J connectivity index is 0.000000318. The molecule has 0 spiro atoms. The van der Waals surface area contributed by atoms with Crippen LogP contribution in [0.25, 0.3) is 0 Å². The summed E-state index contributed by atoms with van der Waals surface area (Å²) in [7, 11) is 0. The minimum Gasteiger partial charge on any atom is -0.466 e. The van der Waals surface area contributed by atoms with Crippen LogP contribution in [-0.2, 0) is 47.7 Å². The van der Waals surface area contributed by atoms with Gasteiger partial charge >= 0.3 is 30.1 Å². The number of aliphatic hydroxyl groups is 1. The summed E-state index contributed by atoms with van der Waals surface area (Å²) in [6.07, 6.45) is -1.98. The van der Waals surface area contributed by atoms with Crippen molar-refractivity contribution in [3.63, 3.8) is 0 Å². The zero-order valence-corrected chi connectivity index (χ0v) is 37.1. The number of rotatable bonds is 8. The van der Waals surface area contributed by atoms with Crippen LogP contribution in [0.4, 0.5) is 27.2 Å². The lowest BCUT2D eigenvalue weighted by molar-refractivity contribution is -0.238. The van der Waals surface area contributed by atoms with Gasteiger partial charge in [0.15, 0.2) is 11.6 Å². The Labute approximate surface area is 363 Å². The molecule has 0 radical (unpaired) electrons. The van der Waals surface area contributed by atoms with Gasteiger partial charge in [-0.3, -0.25) is 33.8 Å². The molecule has 63 heavy (non-hydrogen) atoms. The van der Waals surface area contributed by atoms with Crippen molar-refractivity contribution in [2.24, 2.45) is 5.92 Å². The molecule has 3 aliphatic rings. The molecule has 2 unspecified atom stereocenters. The molecule has 2 aromatic rings. The number of nitrogens with zero attached hydrogens (tertiary/aromatic N) is 2. The second-order valence-corrected chi connectivity index (χ2v) is 17.4. The van der Waals surface area contributed by atoms with Crippen molar-refractivity contribution in [1.82, 2.24) is 9.80 Å². The molecule has 15 nitrogen and oxygen atoms in total. The average molecular weight is 897 g/mol. The van der Waals surface area contributed by atoms with E-state index in [9.17, 15) is 51.1 Å². The van der Waals surface area contributed by atoms with Gasteiger partial charge in [-0.15, -0.1) is 0 Å². The molecule has 5 rings (SSSR count). The maximum atomic E-state index is 13.7. The number of likely N-dealkylation sites (tertiary alicyclic amines) is 2. The Kier molecular flexibility index (Phi) is 17.4. The Morgan fingerprint density at radius 2 is 1.06 bits per heavy atom. The largest absolute Gasteiger partial charge is 0.466 e. The van der Waals surface area contributed by atoms with Gasteiger partial charge in [0.05, 0.1) is 18.7 Å². The van der Waals surface area contributed by atoms with Crippen molar-refractivity contribution in [1.29, 1.82) is 0 Å². The van der Waals surface area contributed by atoms with Crippen LogP contribution in [-0.4, -0.2) is 112 Å².